The van der Waals surface area contributed by atoms with Crippen molar-refractivity contribution in [1.82, 2.24) is 5.32 Å². The number of rotatable bonds is 5. The zero-order valence-corrected chi connectivity index (χ0v) is 11.0. The fourth-order valence-corrected chi connectivity index (χ4v) is 2.46. The van der Waals surface area contributed by atoms with Crippen LogP contribution in [0.2, 0.25) is 0 Å². The minimum atomic E-state index is -0.230. The number of nitrogens with one attached hydrogen (secondary N) is 1. The standard InChI is InChI=1S/C15H20N2O2/c16-8-9-19-13-5-3-4-12(10-13)11-17-14-6-1-2-7-15(14)18/h3-5,10,14-15,17-18H,1-2,6-7,9,11H2. The maximum Gasteiger partial charge on any atom is 0.174 e. The van der Waals surface area contributed by atoms with E-state index in [-0.39, 0.29) is 18.8 Å². The largest absolute Gasteiger partial charge is 0.479 e. The molecule has 0 bridgehead atoms. The van der Waals surface area contributed by atoms with Gasteiger partial charge in [0, 0.05) is 12.6 Å². The summed E-state index contributed by atoms with van der Waals surface area (Å²) in [6.45, 7) is 0.781. The van der Waals surface area contributed by atoms with Crippen LogP contribution in [0.15, 0.2) is 24.3 Å². The van der Waals surface area contributed by atoms with Gasteiger partial charge < -0.3 is 15.2 Å². The normalized spacial score (nSPS) is 22.7. The predicted octanol–water partition coefficient (Wildman–Crippen LogP) is 1.98. The molecule has 0 saturated heterocycles. The first-order valence-electron chi connectivity index (χ1n) is 6.80. The number of nitrogens with zero attached hydrogens (tertiary/aromatic N) is 1. The van der Waals surface area contributed by atoms with Crippen LogP contribution in [0, 0.1) is 11.3 Å². The first-order chi connectivity index (χ1) is 9.29. The topological polar surface area (TPSA) is 65.3 Å². The molecule has 2 N–H and O–H groups in total. The third kappa shape index (κ3) is 4.23. The van der Waals surface area contributed by atoms with Crippen LogP contribution in [0.5, 0.6) is 5.75 Å². The van der Waals surface area contributed by atoms with E-state index in [1.165, 1.54) is 6.42 Å². The Morgan fingerprint density at radius 3 is 3.00 bits per heavy atom. The molecule has 0 amide bonds. The molecular weight excluding hydrogens is 240 g/mol. The molecule has 1 aliphatic rings. The van der Waals surface area contributed by atoms with Crippen LogP contribution in [0.25, 0.3) is 0 Å². The van der Waals surface area contributed by atoms with Crippen molar-refractivity contribution in [3.8, 4) is 11.8 Å². The van der Waals surface area contributed by atoms with Gasteiger partial charge in [0.1, 0.15) is 11.8 Å². The quantitative estimate of drug-likeness (QED) is 0.849. The van der Waals surface area contributed by atoms with Gasteiger partial charge in [-0.25, -0.2) is 0 Å². The molecule has 19 heavy (non-hydrogen) atoms. The summed E-state index contributed by atoms with van der Waals surface area (Å²) >= 11 is 0. The molecule has 2 atom stereocenters. The lowest BCUT2D eigenvalue weighted by Crippen LogP contribution is -2.41. The summed E-state index contributed by atoms with van der Waals surface area (Å²) in [6.07, 6.45) is 4.00. The molecule has 4 heteroatoms. The number of benzene rings is 1. The van der Waals surface area contributed by atoms with E-state index >= 15 is 0 Å². The van der Waals surface area contributed by atoms with Crippen LogP contribution in [0.4, 0.5) is 0 Å². The summed E-state index contributed by atoms with van der Waals surface area (Å²) in [7, 11) is 0. The van der Waals surface area contributed by atoms with E-state index in [9.17, 15) is 5.11 Å². The zero-order chi connectivity index (χ0) is 13.5. The minimum absolute atomic E-state index is 0.0677. The summed E-state index contributed by atoms with van der Waals surface area (Å²) in [5, 5.41) is 21.8. The predicted molar refractivity (Wildman–Crippen MR) is 72.7 cm³/mol. The molecule has 0 spiro atoms. The van der Waals surface area contributed by atoms with E-state index in [1.54, 1.807) is 0 Å². The van der Waals surface area contributed by atoms with Crippen LogP contribution in [0.3, 0.4) is 0 Å². The number of nitriles is 1. The summed E-state index contributed by atoms with van der Waals surface area (Å²) in [4.78, 5) is 0. The second kappa shape index (κ2) is 7.13. The number of aliphatic hydroxyl groups excluding tert-OH is 1. The lowest BCUT2D eigenvalue weighted by atomic mass is 9.92. The van der Waals surface area contributed by atoms with E-state index in [0.29, 0.717) is 12.3 Å². The molecule has 2 rings (SSSR count). The van der Waals surface area contributed by atoms with Crippen molar-refractivity contribution in [2.75, 3.05) is 6.61 Å². The van der Waals surface area contributed by atoms with Crippen LogP contribution in [-0.2, 0) is 6.54 Å². The molecule has 102 valence electrons. The Hall–Kier alpha value is -1.57. The molecule has 0 heterocycles. The molecule has 1 fully saturated rings. The van der Waals surface area contributed by atoms with Gasteiger partial charge in [0.05, 0.1) is 6.10 Å². The molecule has 1 saturated carbocycles. The highest BCUT2D eigenvalue weighted by atomic mass is 16.5. The summed E-state index contributed by atoms with van der Waals surface area (Å²) in [5.41, 5.74) is 1.10. The summed E-state index contributed by atoms with van der Waals surface area (Å²) < 4.78 is 5.27. The van der Waals surface area contributed by atoms with Gasteiger partial charge in [-0.15, -0.1) is 0 Å². The Bertz CT molecular complexity index is 442. The second-order valence-corrected chi connectivity index (χ2v) is 4.93. The third-order valence-corrected chi connectivity index (χ3v) is 3.50. The zero-order valence-electron chi connectivity index (χ0n) is 11.0. The molecule has 1 aliphatic carbocycles. The molecule has 0 aromatic heterocycles. The Balaban J connectivity index is 1.86. The van der Waals surface area contributed by atoms with E-state index in [2.05, 4.69) is 5.32 Å². The van der Waals surface area contributed by atoms with Gasteiger partial charge in [0.25, 0.3) is 0 Å². The highest BCUT2D eigenvalue weighted by Gasteiger charge is 2.22. The van der Waals surface area contributed by atoms with Gasteiger partial charge in [-0.2, -0.15) is 5.26 Å². The summed E-state index contributed by atoms with van der Waals surface area (Å²) in [5.74, 6) is 0.713. The second-order valence-electron chi connectivity index (χ2n) is 4.93. The maximum atomic E-state index is 9.89. The number of hydrogen-bond acceptors (Lipinski definition) is 4. The molecule has 1 aromatic rings. The SMILES string of the molecule is N#CCOc1cccc(CNC2CCCCC2O)c1. The Kier molecular flexibility index (Phi) is 5.20. The van der Waals surface area contributed by atoms with Crippen molar-refractivity contribution in [2.45, 2.75) is 44.4 Å². The van der Waals surface area contributed by atoms with Gasteiger partial charge in [-0.3, -0.25) is 0 Å². The molecular formula is C15H20N2O2. The fourth-order valence-electron chi connectivity index (χ4n) is 2.46. The van der Waals surface area contributed by atoms with E-state index in [1.807, 2.05) is 30.3 Å². The Morgan fingerprint density at radius 2 is 2.21 bits per heavy atom. The van der Waals surface area contributed by atoms with Gasteiger partial charge >= 0.3 is 0 Å². The molecule has 0 aliphatic heterocycles. The Labute approximate surface area is 114 Å². The van der Waals surface area contributed by atoms with Crippen LogP contribution in [0.1, 0.15) is 31.2 Å². The van der Waals surface area contributed by atoms with Crippen LogP contribution >= 0.6 is 0 Å². The van der Waals surface area contributed by atoms with E-state index in [0.717, 1.165) is 24.8 Å². The Morgan fingerprint density at radius 1 is 1.37 bits per heavy atom. The van der Waals surface area contributed by atoms with Crippen molar-refractivity contribution < 1.29 is 9.84 Å². The summed E-state index contributed by atoms with van der Waals surface area (Å²) in [6, 6.07) is 9.85. The van der Waals surface area contributed by atoms with Crippen molar-refractivity contribution in [1.29, 1.82) is 5.26 Å². The highest BCUT2D eigenvalue weighted by molar-refractivity contribution is 5.28. The fraction of sp³-hybridized carbons (Fsp3) is 0.533. The van der Waals surface area contributed by atoms with Crippen molar-refractivity contribution >= 4 is 0 Å². The maximum absolute atomic E-state index is 9.89. The van der Waals surface area contributed by atoms with Crippen molar-refractivity contribution in [3.05, 3.63) is 29.8 Å². The molecule has 0 radical (unpaired) electrons. The first kappa shape index (κ1) is 13.9. The first-order valence-corrected chi connectivity index (χ1v) is 6.80. The van der Waals surface area contributed by atoms with Gasteiger partial charge in [-0.05, 0) is 30.5 Å². The molecule has 2 unspecified atom stereocenters. The lowest BCUT2D eigenvalue weighted by molar-refractivity contribution is 0.0902. The highest BCUT2D eigenvalue weighted by Crippen LogP contribution is 2.19. The number of ether oxygens (including phenoxy) is 1. The number of hydrogen-bond donors (Lipinski definition) is 2. The number of aliphatic hydroxyl groups is 1. The van der Waals surface area contributed by atoms with E-state index < -0.39 is 0 Å². The van der Waals surface area contributed by atoms with Crippen molar-refractivity contribution in [2.24, 2.45) is 0 Å². The third-order valence-electron chi connectivity index (χ3n) is 3.50. The van der Waals surface area contributed by atoms with Gasteiger partial charge in [-0.1, -0.05) is 25.0 Å². The molecule has 4 nitrogen and oxygen atoms in total. The van der Waals surface area contributed by atoms with E-state index in [4.69, 9.17) is 10.00 Å². The van der Waals surface area contributed by atoms with Gasteiger partial charge in [0.2, 0.25) is 0 Å². The van der Waals surface area contributed by atoms with Crippen LogP contribution in [-0.4, -0.2) is 23.9 Å². The van der Waals surface area contributed by atoms with Crippen LogP contribution < -0.4 is 10.1 Å². The van der Waals surface area contributed by atoms with Gasteiger partial charge in [0.15, 0.2) is 6.61 Å². The monoisotopic (exact) mass is 260 g/mol. The molecule has 1 aromatic carbocycles. The smallest absolute Gasteiger partial charge is 0.174 e. The average Bonchev–Trinajstić information content (AvgIpc) is 2.45. The average molecular weight is 260 g/mol. The minimum Gasteiger partial charge on any atom is -0.479 e. The lowest BCUT2D eigenvalue weighted by Gasteiger charge is -2.28. The van der Waals surface area contributed by atoms with Crippen molar-refractivity contribution in [3.63, 3.8) is 0 Å².